The van der Waals surface area contributed by atoms with E-state index in [1.807, 2.05) is 26.0 Å². The van der Waals surface area contributed by atoms with Crippen LogP contribution in [-0.4, -0.2) is 52.1 Å². The molecule has 0 radical (unpaired) electrons. The fourth-order valence-corrected chi connectivity index (χ4v) is 2.46. The Morgan fingerprint density at radius 2 is 1.78 bits per heavy atom. The molecule has 0 aromatic heterocycles. The van der Waals surface area contributed by atoms with Gasteiger partial charge < -0.3 is 15.5 Å². The Balaban J connectivity index is 2.85. The van der Waals surface area contributed by atoms with E-state index in [9.17, 15) is 14.4 Å². The molecule has 1 aromatic carbocycles. The minimum absolute atomic E-state index is 0.316. The van der Waals surface area contributed by atoms with E-state index < -0.39 is 30.4 Å². The number of aliphatic carboxylic acids is 2. The highest BCUT2D eigenvalue weighted by Gasteiger charge is 2.25. The predicted molar refractivity (Wildman–Crippen MR) is 93.6 cm³/mol. The van der Waals surface area contributed by atoms with Crippen molar-refractivity contribution in [2.75, 3.05) is 18.4 Å². The number of carbonyl (C=O) groups excluding carboxylic acids is 1. The maximum Gasteiger partial charge on any atom is 0.320 e. The molecule has 0 saturated heterocycles. The summed E-state index contributed by atoms with van der Waals surface area (Å²) in [6.07, 6.45) is 0. The van der Waals surface area contributed by atoms with Crippen LogP contribution in [0.25, 0.3) is 0 Å². The zero-order chi connectivity index (χ0) is 17.7. The van der Waals surface area contributed by atoms with Crippen molar-refractivity contribution in [1.82, 2.24) is 4.90 Å². The average Bonchev–Trinajstić information content (AvgIpc) is 2.42. The zero-order valence-electron chi connectivity index (χ0n) is 13.1. The van der Waals surface area contributed by atoms with E-state index in [0.29, 0.717) is 5.69 Å². The second-order valence-electron chi connectivity index (χ2n) is 5.28. The molecule has 1 aromatic rings. The van der Waals surface area contributed by atoms with Crippen LogP contribution in [0.5, 0.6) is 0 Å². The molecule has 8 heteroatoms. The number of nitrogens with zero attached hydrogens (tertiary/aromatic N) is 1. The third-order valence-corrected chi connectivity index (χ3v) is 4.53. The normalized spacial score (nSPS) is 12.0. The molecule has 0 fully saturated rings. The van der Waals surface area contributed by atoms with Crippen molar-refractivity contribution in [3.63, 3.8) is 0 Å². The lowest BCUT2D eigenvalue weighted by atomic mass is 10.1. The Kier molecular flexibility index (Phi) is 6.95. The lowest BCUT2D eigenvalue weighted by molar-refractivity contribution is -0.146. The van der Waals surface area contributed by atoms with Crippen LogP contribution in [0.3, 0.4) is 0 Å². The smallest absolute Gasteiger partial charge is 0.320 e. The number of nitrogens with one attached hydrogen (secondary N) is 1. The number of rotatable bonds is 7. The van der Waals surface area contributed by atoms with Crippen molar-refractivity contribution < 1.29 is 24.6 Å². The van der Waals surface area contributed by atoms with E-state index in [2.05, 4.69) is 27.9 Å². The fourth-order valence-electron chi connectivity index (χ4n) is 1.99. The highest BCUT2D eigenvalue weighted by Crippen LogP contribution is 2.22. The summed E-state index contributed by atoms with van der Waals surface area (Å²) in [5.74, 6) is -2.82. The number of halogens is 1. The van der Waals surface area contributed by atoms with E-state index in [1.54, 1.807) is 0 Å². The van der Waals surface area contributed by atoms with Gasteiger partial charge in [0.15, 0.2) is 0 Å². The standard InChI is InChI=1S/C15H19IN2O5/c1-8-4-9(2)12(5-11(8)16)17-13(19)6-18(7-14(20)21)10(3)15(22)23/h4-5,10H,6-7H2,1-3H3,(H,17,19)(H,20,21)(H,22,23). The first-order valence-electron chi connectivity index (χ1n) is 6.87. The molecule has 1 atom stereocenters. The van der Waals surface area contributed by atoms with Crippen LogP contribution in [0, 0.1) is 17.4 Å². The third kappa shape index (κ3) is 5.79. The minimum atomic E-state index is -1.19. The van der Waals surface area contributed by atoms with Crippen LogP contribution in [0.15, 0.2) is 12.1 Å². The van der Waals surface area contributed by atoms with Gasteiger partial charge in [-0.2, -0.15) is 0 Å². The summed E-state index contributed by atoms with van der Waals surface area (Å²) in [7, 11) is 0. The number of carbonyl (C=O) groups is 3. The van der Waals surface area contributed by atoms with Gasteiger partial charge in [-0.15, -0.1) is 0 Å². The molecule has 7 nitrogen and oxygen atoms in total. The Morgan fingerprint density at radius 3 is 2.30 bits per heavy atom. The molecule has 1 amide bonds. The molecule has 0 aliphatic rings. The summed E-state index contributed by atoms with van der Waals surface area (Å²) in [6, 6.07) is 2.69. The van der Waals surface area contributed by atoms with Crippen molar-refractivity contribution in [2.24, 2.45) is 0 Å². The van der Waals surface area contributed by atoms with Crippen molar-refractivity contribution in [3.8, 4) is 0 Å². The maximum absolute atomic E-state index is 12.1. The van der Waals surface area contributed by atoms with Gasteiger partial charge in [0, 0.05) is 9.26 Å². The monoisotopic (exact) mass is 434 g/mol. The minimum Gasteiger partial charge on any atom is -0.480 e. The van der Waals surface area contributed by atoms with Crippen LogP contribution in [0.2, 0.25) is 0 Å². The lowest BCUT2D eigenvalue weighted by Gasteiger charge is -2.23. The van der Waals surface area contributed by atoms with Crippen molar-refractivity contribution in [3.05, 3.63) is 26.8 Å². The second-order valence-corrected chi connectivity index (χ2v) is 6.44. The third-order valence-electron chi connectivity index (χ3n) is 3.37. The predicted octanol–water partition coefficient (Wildman–Crippen LogP) is 1.71. The number of aryl methyl sites for hydroxylation is 2. The summed E-state index contributed by atoms with van der Waals surface area (Å²) in [5.41, 5.74) is 2.60. The molecule has 126 valence electrons. The van der Waals surface area contributed by atoms with Gasteiger partial charge in [-0.1, -0.05) is 6.07 Å². The Hall–Kier alpha value is -1.68. The number of carboxylic acids is 2. The number of anilines is 1. The summed E-state index contributed by atoms with van der Waals surface area (Å²) in [6.45, 7) is 4.32. The number of hydrogen-bond donors (Lipinski definition) is 3. The summed E-state index contributed by atoms with van der Waals surface area (Å²) in [4.78, 5) is 35.1. The quantitative estimate of drug-likeness (QED) is 0.565. The molecule has 3 N–H and O–H groups in total. The van der Waals surface area contributed by atoms with Gasteiger partial charge in [0.2, 0.25) is 5.91 Å². The van der Waals surface area contributed by atoms with E-state index in [4.69, 9.17) is 10.2 Å². The van der Waals surface area contributed by atoms with Crippen LogP contribution >= 0.6 is 22.6 Å². The van der Waals surface area contributed by atoms with E-state index in [0.717, 1.165) is 19.6 Å². The van der Waals surface area contributed by atoms with Crippen molar-refractivity contribution in [1.29, 1.82) is 0 Å². The molecule has 1 rings (SSSR count). The zero-order valence-corrected chi connectivity index (χ0v) is 15.2. The first kappa shape index (κ1) is 19.4. The molecule has 0 aliphatic heterocycles. The van der Waals surface area contributed by atoms with Crippen LogP contribution in [0.1, 0.15) is 18.1 Å². The Bertz CT molecular complexity index is 633. The number of benzene rings is 1. The van der Waals surface area contributed by atoms with Gasteiger partial charge in [-0.3, -0.25) is 19.3 Å². The number of hydrogen-bond acceptors (Lipinski definition) is 4. The van der Waals surface area contributed by atoms with Crippen LogP contribution < -0.4 is 5.32 Å². The van der Waals surface area contributed by atoms with Gasteiger partial charge in [0.1, 0.15) is 6.04 Å². The SMILES string of the molecule is Cc1cc(C)c(NC(=O)CN(CC(=O)O)C(C)C(=O)O)cc1I. The molecule has 0 spiro atoms. The highest BCUT2D eigenvalue weighted by molar-refractivity contribution is 14.1. The Morgan fingerprint density at radius 1 is 1.17 bits per heavy atom. The molecule has 0 saturated carbocycles. The van der Waals surface area contributed by atoms with E-state index >= 15 is 0 Å². The first-order chi connectivity index (χ1) is 10.6. The lowest BCUT2D eigenvalue weighted by Crippen LogP contribution is -2.46. The topological polar surface area (TPSA) is 107 Å². The Labute approximate surface area is 147 Å². The summed E-state index contributed by atoms with van der Waals surface area (Å²) < 4.78 is 0.991. The second kappa shape index (κ2) is 8.25. The van der Waals surface area contributed by atoms with Crippen LogP contribution in [0.4, 0.5) is 5.69 Å². The fraction of sp³-hybridized carbons (Fsp3) is 0.400. The molecule has 23 heavy (non-hydrogen) atoms. The molecule has 0 heterocycles. The van der Waals surface area contributed by atoms with Gasteiger partial charge in [-0.05, 0) is 60.6 Å². The maximum atomic E-state index is 12.1. The average molecular weight is 434 g/mol. The molecular weight excluding hydrogens is 415 g/mol. The highest BCUT2D eigenvalue weighted by atomic mass is 127. The van der Waals surface area contributed by atoms with Crippen molar-refractivity contribution >= 4 is 46.1 Å². The molecule has 1 unspecified atom stereocenters. The summed E-state index contributed by atoms with van der Waals surface area (Å²) in [5, 5.41) is 20.6. The molecule has 0 aliphatic carbocycles. The van der Waals surface area contributed by atoms with E-state index in [1.165, 1.54) is 6.92 Å². The number of amides is 1. The van der Waals surface area contributed by atoms with Gasteiger partial charge in [0.05, 0.1) is 13.1 Å². The van der Waals surface area contributed by atoms with Crippen LogP contribution in [-0.2, 0) is 14.4 Å². The van der Waals surface area contributed by atoms with E-state index in [-0.39, 0.29) is 6.54 Å². The van der Waals surface area contributed by atoms with Gasteiger partial charge in [-0.25, -0.2) is 0 Å². The summed E-state index contributed by atoms with van der Waals surface area (Å²) >= 11 is 2.16. The number of carboxylic acid groups (broad SMARTS) is 2. The van der Waals surface area contributed by atoms with Crippen molar-refractivity contribution in [2.45, 2.75) is 26.8 Å². The largest absolute Gasteiger partial charge is 0.480 e. The van der Waals surface area contributed by atoms with Gasteiger partial charge in [0.25, 0.3) is 0 Å². The molecular formula is C15H19IN2O5. The first-order valence-corrected chi connectivity index (χ1v) is 7.95. The molecule has 0 bridgehead atoms. The van der Waals surface area contributed by atoms with Gasteiger partial charge >= 0.3 is 11.9 Å².